The van der Waals surface area contributed by atoms with Crippen LogP contribution in [0, 0.1) is 0 Å². The third-order valence-electron chi connectivity index (χ3n) is 1.72. The van der Waals surface area contributed by atoms with Crippen molar-refractivity contribution >= 4 is 5.97 Å². The quantitative estimate of drug-likeness (QED) is 0.334. The van der Waals surface area contributed by atoms with Crippen molar-refractivity contribution in [2.45, 2.75) is 6.04 Å². The third kappa shape index (κ3) is 1.69. The summed E-state index contributed by atoms with van der Waals surface area (Å²) in [5.74, 6) is -2.89. The van der Waals surface area contributed by atoms with Crippen LogP contribution in [0.4, 0.5) is 0 Å². The number of carboxylic acid groups (broad SMARTS) is 1. The van der Waals surface area contributed by atoms with E-state index in [-0.39, 0.29) is 5.56 Å². The highest BCUT2D eigenvalue weighted by molar-refractivity contribution is 5.77. The van der Waals surface area contributed by atoms with Crippen LogP contribution in [0.25, 0.3) is 0 Å². The van der Waals surface area contributed by atoms with Gasteiger partial charge in [-0.15, -0.1) is 0 Å². The molecule has 1 atom stereocenters. The molecular formula is C8H9NO5. The number of rotatable bonds is 2. The molecule has 76 valence electrons. The summed E-state index contributed by atoms with van der Waals surface area (Å²) in [4.78, 5) is 10.5. The Morgan fingerprint density at radius 2 is 1.64 bits per heavy atom. The summed E-state index contributed by atoms with van der Waals surface area (Å²) in [6, 6.07) is 0.290. The molecule has 1 rings (SSSR count). The molecule has 0 aliphatic heterocycles. The fourth-order valence-corrected chi connectivity index (χ4v) is 0.964. The number of carboxylic acids is 1. The van der Waals surface area contributed by atoms with Gasteiger partial charge in [0.05, 0.1) is 0 Å². The van der Waals surface area contributed by atoms with Gasteiger partial charge in [0.1, 0.15) is 11.8 Å². The SMILES string of the molecule is N[C@H](C(=O)O)c1cc(O)c(O)cc1O. The molecule has 0 aromatic heterocycles. The topological polar surface area (TPSA) is 124 Å². The molecule has 6 N–H and O–H groups in total. The van der Waals surface area contributed by atoms with Crippen LogP contribution in [0.3, 0.4) is 0 Å². The Balaban J connectivity index is 3.22. The zero-order chi connectivity index (χ0) is 10.9. The lowest BCUT2D eigenvalue weighted by atomic mass is 10.1. The summed E-state index contributed by atoms with van der Waals surface area (Å²) in [6.45, 7) is 0. The highest BCUT2D eigenvalue weighted by atomic mass is 16.4. The molecule has 0 bridgehead atoms. The number of nitrogens with two attached hydrogens (primary N) is 1. The second kappa shape index (κ2) is 3.43. The van der Waals surface area contributed by atoms with E-state index in [9.17, 15) is 9.90 Å². The van der Waals surface area contributed by atoms with Crippen LogP contribution in [0.2, 0.25) is 0 Å². The number of aliphatic carboxylic acids is 1. The van der Waals surface area contributed by atoms with Crippen molar-refractivity contribution in [3.05, 3.63) is 17.7 Å². The lowest BCUT2D eigenvalue weighted by Gasteiger charge is -2.10. The van der Waals surface area contributed by atoms with E-state index in [1.165, 1.54) is 0 Å². The van der Waals surface area contributed by atoms with Crippen molar-refractivity contribution in [2.24, 2.45) is 5.73 Å². The van der Waals surface area contributed by atoms with E-state index in [4.69, 9.17) is 21.1 Å². The van der Waals surface area contributed by atoms with Gasteiger partial charge in [-0.1, -0.05) is 0 Å². The molecule has 0 saturated heterocycles. The molecule has 1 aromatic rings. The number of hydrogen-bond acceptors (Lipinski definition) is 5. The highest BCUT2D eigenvalue weighted by Gasteiger charge is 2.20. The van der Waals surface area contributed by atoms with Crippen LogP contribution >= 0.6 is 0 Å². The van der Waals surface area contributed by atoms with Crippen molar-refractivity contribution in [1.82, 2.24) is 0 Å². The molecular weight excluding hydrogens is 190 g/mol. The van der Waals surface area contributed by atoms with Gasteiger partial charge in [-0.2, -0.15) is 0 Å². The molecule has 0 amide bonds. The average Bonchev–Trinajstić information content (AvgIpc) is 2.10. The summed E-state index contributed by atoms with van der Waals surface area (Å²) in [6.07, 6.45) is 0. The van der Waals surface area contributed by atoms with Crippen molar-refractivity contribution < 1.29 is 25.2 Å². The largest absolute Gasteiger partial charge is 0.507 e. The highest BCUT2D eigenvalue weighted by Crippen LogP contribution is 2.34. The second-order valence-electron chi connectivity index (χ2n) is 2.72. The van der Waals surface area contributed by atoms with Crippen LogP contribution in [0.15, 0.2) is 12.1 Å². The van der Waals surface area contributed by atoms with Gasteiger partial charge in [0.2, 0.25) is 0 Å². The van der Waals surface area contributed by atoms with E-state index in [1.807, 2.05) is 0 Å². The summed E-state index contributed by atoms with van der Waals surface area (Å²) >= 11 is 0. The molecule has 0 fully saturated rings. The first-order valence-corrected chi connectivity index (χ1v) is 3.66. The van der Waals surface area contributed by atoms with E-state index in [0.717, 1.165) is 12.1 Å². The number of hydrogen-bond donors (Lipinski definition) is 5. The van der Waals surface area contributed by atoms with Crippen LogP contribution in [0.5, 0.6) is 17.2 Å². The molecule has 0 aliphatic carbocycles. The summed E-state index contributed by atoms with van der Waals surface area (Å²) in [5, 5.41) is 35.8. The maximum Gasteiger partial charge on any atom is 0.325 e. The molecule has 6 nitrogen and oxygen atoms in total. The lowest BCUT2D eigenvalue weighted by Crippen LogP contribution is -2.20. The van der Waals surface area contributed by atoms with Gasteiger partial charge in [-0.25, -0.2) is 0 Å². The van der Waals surface area contributed by atoms with E-state index < -0.39 is 29.3 Å². The van der Waals surface area contributed by atoms with Gasteiger partial charge in [0.15, 0.2) is 11.5 Å². The number of aromatic hydroxyl groups is 3. The lowest BCUT2D eigenvalue weighted by molar-refractivity contribution is -0.138. The maximum atomic E-state index is 10.5. The number of benzene rings is 1. The second-order valence-corrected chi connectivity index (χ2v) is 2.72. The monoisotopic (exact) mass is 199 g/mol. The maximum absolute atomic E-state index is 10.5. The van der Waals surface area contributed by atoms with Crippen LogP contribution < -0.4 is 5.73 Å². The predicted octanol–water partition coefficient (Wildman–Crippen LogP) is -0.112. The number of phenolic OH excluding ortho intramolecular Hbond substituents is 3. The molecule has 1 aromatic carbocycles. The molecule has 6 heteroatoms. The van der Waals surface area contributed by atoms with E-state index in [0.29, 0.717) is 0 Å². The third-order valence-corrected chi connectivity index (χ3v) is 1.72. The minimum Gasteiger partial charge on any atom is -0.507 e. The Morgan fingerprint density at radius 1 is 1.14 bits per heavy atom. The van der Waals surface area contributed by atoms with Gasteiger partial charge in [-0.3, -0.25) is 4.79 Å². The van der Waals surface area contributed by atoms with Gasteiger partial charge in [0, 0.05) is 11.6 Å². The average molecular weight is 199 g/mol. The van der Waals surface area contributed by atoms with Crippen LogP contribution in [-0.4, -0.2) is 26.4 Å². The van der Waals surface area contributed by atoms with Crippen LogP contribution in [-0.2, 0) is 4.79 Å². The zero-order valence-electron chi connectivity index (χ0n) is 7.01. The Kier molecular flexibility index (Phi) is 2.48. The van der Waals surface area contributed by atoms with Crippen molar-refractivity contribution in [1.29, 1.82) is 0 Å². The summed E-state index contributed by atoms with van der Waals surface area (Å²) in [5.41, 5.74) is 5.05. The molecule has 0 spiro atoms. The van der Waals surface area contributed by atoms with E-state index >= 15 is 0 Å². The fraction of sp³-hybridized carbons (Fsp3) is 0.125. The standard InChI is InChI=1S/C8H9NO5/c9-7(8(13)14)3-1-5(11)6(12)2-4(3)10/h1-2,7,10-12H,9H2,(H,13,14)/t7-/m0/s1. The molecule has 14 heavy (non-hydrogen) atoms. The Bertz CT molecular complexity index is 376. The molecule has 0 heterocycles. The van der Waals surface area contributed by atoms with E-state index in [2.05, 4.69) is 0 Å². The van der Waals surface area contributed by atoms with Crippen molar-refractivity contribution in [2.75, 3.05) is 0 Å². The zero-order valence-corrected chi connectivity index (χ0v) is 7.01. The first-order valence-electron chi connectivity index (χ1n) is 3.66. The summed E-state index contributed by atoms with van der Waals surface area (Å²) < 4.78 is 0. The van der Waals surface area contributed by atoms with Gasteiger partial charge >= 0.3 is 5.97 Å². The van der Waals surface area contributed by atoms with E-state index in [1.54, 1.807) is 0 Å². The van der Waals surface area contributed by atoms with Crippen molar-refractivity contribution in [3.8, 4) is 17.2 Å². The number of phenols is 3. The Hall–Kier alpha value is -1.95. The fourth-order valence-electron chi connectivity index (χ4n) is 0.964. The van der Waals surface area contributed by atoms with Gasteiger partial charge < -0.3 is 26.2 Å². The Labute approximate surface area is 78.8 Å². The normalized spacial score (nSPS) is 12.4. The molecule has 0 unspecified atom stereocenters. The molecule has 0 saturated carbocycles. The Morgan fingerprint density at radius 3 is 2.14 bits per heavy atom. The molecule has 0 aliphatic rings. The minimum absolute atomic E-state index is 0.159. The molecule has 0 radical (unpaired) electrons. The predicted molar refractivity (Wildman–Crippen MR) is 46.0 cm³/mol. The number of carbonyl (C=O) groups is 1. The van der Waals surface area contributed by atoms with Gasteiger partial charge in [0.25, 0.3) is 0 Å². The van der Waals surface area contributed by atoms with Crippen LogP contribution in [0.1, 0.15) is 11.6 Å². The first-order chi connectivity index (χ1) is 6.43. The smallest absolute Gasteiger partial charge is 0.325 e. The van der Waals surface area contributed by atoms with Crippen molar-refractivity contribution in [3.63, 3.8) is 0 Å². The summed E-state index contributed by atoms with van der Waals surface area (Å²) in [7, 11) is 0. The first kappa shape index (κ1) is 10.1. The van der Waals surface area contributed by atoms with Gasteiger partial charge in [-0.05, 0) is 6.07 Å². The minimum atomic E-state index is -1.44.